The zero-order valence-electron chi connectivity index (χ0n) is 11.4. The second kappa shape index (κ2) is 5.59. The third-order valence-corrected chi connectivity index (χ3v) is 5.66. The first kappa shape index (κ1) is 15.1. The molecule has 0 bridgehead atoms. The first-order chi connectivity index (χ1) is 9.30. The molecule has 4 nitrogen and oxygen atoms in total. The summed E-state index contributed by atoms with van der Waals surface area (Å²) in [7, 11) is -2.15. The Balaban J connectivity index is 2.29. The fourth-order valence-corrected chi connectivity index (χ4v) is 3.81. The summed E-state index contributed by atoms with van der Waals surface area (Å²) in [5, 5.41) is 2.72. The van der Waals surface area contributed by atoms with E-state index in [1.807, 2.05) is 12.3 Å². The Morgan fingerprint density at radius 3 is 2.60 bits per heavy atom. The van der Waals surface area contributed by atoms with E-state index >= 15 is 0 Å². The van der Waals surface area contributed by atoms with E-state index in [0.717, 1.165) is 11.1 Å². The van der Waals surface area contributed by atoms with Crippen molar-refractivity contribution in [1.29, 1.82) is 0 Å². The lowest BCUT2D eigenvalue weighted by atomic mass is 10.2. The molecule has 1 heterocycles. The highest BCUT2D eigenvalue weighted by molar-refractivity contribution is 7.89. The van der Waals surface area contributed by atoms with Gasteiger partial charge < -0.3 is 0 Å². The minimum absolute atomic E-state index is 0.119. The molecule has 1 aromatic heterocycles. The van der Waals surface area contributed by atoms with E-state index in [4.69, 9.17) is 0 Å². The number of hydrogen-bond donors (Lipinski definition) is 0. The van der Waals surface area contributed by atoms with Gasteiger partial charge in [-0.15, -0.1) is 11.3 Å². The van der Waals surface area contributed by atoms with Crippen LogP contribution in [-0.4, -0.2) is 24.8 Å². The monoisotopic (exact) mass is 314 g/mol. The molecule has 0 unspecified atom stereocenters. The highest BCUT2D eigenvalue weighted by Gasteiger charge is 2.23. The van der Waals surface area contributed by atoms with Gasteiger partial charge in [0.25, 0.3) is 0 Å². The number of benzene rings is 1. The van der Waals surface area contributed by atoms with Crippen molar-refractivity contribution in [3.63, 3.8) is 0 Å². The van der Waals surface area contributed by atoms with Crippen LogP contribution in [0.2, 0.25) is 0 Å². The molecule has 0 fully saturated rings. The van der Waals surface area contributed by atoms with Crippen LogP contribution in [-0.2, 0) is 16.6 Å². The molecule has 1 aromatic carbocycles. The summed E-state index contributed by atoms with van der Waals surface area (Å²) in [6.45, 7) is 3.65. The molecule has 0 aliphatic rings. The summed E-state index contributed by atoms with van der Waals surface area (Å²) in [5.74, 6) is -0.445. The van der Waals surface area contributed by atoms with Crippen molar-refractivity contribution >= 4 is 21.4 Å². The summed E-state index contributed by atoms with van der Waals surface area (Å²) in [6, 6.07) is 3.66. The lowest BCUT2D eigenvalue weighted by molar-refractivity contribution is 0.462. The van der Waals surface area contributed by atoms with Gasteiger partial charge in [-0.1, -0.05) is 0 Å². The molecule has 108 valence electrons. The van der Waals surface area contributed by atoms with Gasteiger partial charge in [-0.3, -0.25) is 0 Å². The van der Waals surface area contributed by atoms with Gasteiger partial charge in [0.2, 0.25) is 10.0 Å². The zero-order valence-corrected chi connectivity index (χ0v) is 13.1. The van der Waals surface area contributed by atoms with Crippen LogP contribution in [0.5, 0.6) is 0 Å². The second-order valence-corrected chi connectivity index (χ2v) is 7.60. The Bertz CT molecular complexity index is 726. The van der Waals surface area contributed by atoms with Crippen LogP contribution < -0.4 is 0 Å². The topological polar surface area (TPSA) is 50.3 Å². The highest BCUT2D eigenvalue weighted by Crippen LogP contribution is 2.21. The van der Waals surface area contributed by atoms with Gasteiger partial charge in [0.05, 0.1) is 22.1 Å². The number of sulfonamides is 1. The highest BCUT2D eigenvalue weighted by atomic mass is 32.2. The van der Waals surface area contributed by atoms with Crippen molar-refractivity contribution in [2.75, 3.05) is 7.05 Å². The largest absolute Gasteiger partial charge is 0.245 e. The summed E-state index contributed by atoms with van der Waals surface area (Å²) >= 11 is 1.48. The van der Waals surface area contributed by atoms with Gasteiger partial charge in [-0.25, -0.2) is 17.8 Å². The molecule has 0 spiro atoms. The smallest absolute Gasteiger partial charge is 0.243 e. The van der Waals surface area contributed by atoms with Crippen LogP contribution in [0.15, 0.2) is 28.5 Å². The maximum Gasteiger partial charge on any atom is 0.243 e. The average Bonchev–Trinajstić information content (AvgIpc) is 2.74. The van der Waals surface area contributed by atoms with E-state index in [2.05, 4.69) is 4.98 Å². The summed E-state index contributed by atoms with van der Waals surface area (Å²) < 4.78 is 39.2. The number of hydrogen-bond acceptors (Lipinski definition) is 4. The lowest BCUT2D eigenvalue weighted by Gasteiger charge is -2.17. The quantitative estimate of drug-likeness (QED) is 0.872. The fourth-order valence-electron chi connectivity index (χ4n) is 1.86. The number of nitrogens with zero attached hydrogens (tertiary/aromatic N) is 2. The van der Waals surface area contributed by atoms with Gasteiger partial charge in [-0.2, -0.15) is 4.31 Å². The van der Waals surface area contributed by atoms with Crippen LogP contribution in [0.3, 0.4) is 0 Å². The van der Waals surface area contributed by atoms with Crippen LogP contribution in [0.25, 0.3) is 0 Å². The van der Waals surface area contributed by atoms with Crippen molar-refractivity contribution in [3.05, 3.63) is 45.7 Å². The van der Waals surface area contributed by atoms with E-state index in [1.165, 1.54) is 34.8 Å². The van der Waals surface area contributed by atoms with Gasteiger partial charge in [0.1, 0.15) is 5.82 Å². The zero-order chi connectivity index (χ0) is 14.9. The summed E-state index contributed by atoms with van der Waals surface area (Å²) in [5.41, 5.74) is 1.10. The molecule has 0 saturated carbocycles. The van der Waals surface area contributed by atoms with E-state index in [9.17, 15) is 12.8 Å². The third-order valence-electron chi connectivity index (χ3n) is 2.88. The molecule has 2 aromatic rings. The van der Waals surface area contributed by atoms with Crippen molar-refractivity contribution in [1.82, 2.24) is 9.29 Å². The minimum Gasteiger partial charge on any atom is -0.245 e. The molecule has 0 saturated heterocycles. The third kappa shape index (κ3) is 3.05. The van der Waals surface area contributed by atoms with Gasteiger partial charge in [0, 0.05) is 12.4 Å². The van der Waals surface area contributed by atoms with Crippen molar-refractivity contribution in [2.24, 2.45) is 0 Å². The molecular weight excluding hydrogens is 299 g/mol. The molecule has 2 rings (SSSR count). The SMILES string of the molecule is Cc1nc(CN(C)S(=O)(=O)c2ccc(F)cc2C)cs1. The number of rotatable bonds is 4. The standard InChI is InChI=1S/C13H15FN2O2S2/c1-9-6-11(14)4-5-13(9)20(17,18)16(3)7-12-8-19-10(2)15-12/h4-6,8H,7H2,1-3H3. The molecule has 0 N–H and O–H groups in total. The van der Waals surface area contributed by atoms with E-state index in [0.29, 0.717) is 11.3 Å². The van der Waals surface area contributed by atoms with E-state index < -0.39 is 15.8 Å². The van der Waals surface area contributed by atoms with Crippen LogP contribution >= 0.6 is 11.3 Å². The van der Waals surface area contributed by atoms with Crippen LogP contribution in [0.4, 0.5) is 4.39 Å². The first-order valence-electron chi connectivity index (χ1n) is 5.94. The second-order valence-electron chi connectivity index (χ2n) is 4.53. The predicted octanol–water partition coefficient (Wildman–Crippen LogP) is 2.72. The molecular formula is C13H15FN2O2S2. The number of aryl methyl sites for hydroxylation is 2. The van der Waals surface area contributed by atoms with Crippen molar-refractivity contribution < 1.29 is 12.8 Å². The molecule has 0 aliphatic carbocycles. The van der Waals surface area contributed by atoms with Crippen molar-refractivity contribution in [3.8, 4) is 0 Å². The number of thiazole rings is 1. The first-order valence-corrected chi connectivity index (χ1v) is 8.26. The number of aromatic nitrogens is 1. The summed E-state index contributed by atoms with van der Waals surface area (Å²) in [4.78, 5) is 4.37. The van der Waals surface area contributed by atoms with Gasteiger partial charge >= 0.3 is 0 Å². The Morgan fingerprint density at radius 1 is 1.35 bits per heavy atom. The fraction of sp³-hybridized carbons (Fsp3) is 0.308. The van der Waals surface area contributed by atoms with E-state index in [1.54, 1.807) is 6.92 Å². The van der Waals surface area contributed by atoms with Crippen molar-refractivity contribution in [2.45, 2.75) is 25.3 Å². The summed E-state index contributed by atoms with van der Waals surface area (Å²) in [6.07, 6.45) is 0. The molecule has 0 radical (unpaired) electrons. The molecule has 0 aliphatic heterocycles. The normalized spacial score (nSPS) is 12.1. The molecule has 20 heavy (non-hydrogen) atoms. The van der Waals surface area contributed by atoms with Crippen LogP contribution in [0.1, 0.15) is 16.3 Å². The molecule has 0 atom stereocenters. The minimum atomic E-state index is -3.64. The maximum atomic E-state index is 13.1. The molecule has 7 heteroatoms. The van der Waals surface area contributed by atoms with E-state index in [-0.39, 0.29) is 11.4 Å². The average molecular weight is 314 g/mol. The number of halogens is 1. The Labute approximate surface area is 121 Å². The lowest BCUT2D eigenvalue weighted by Crippen LogP contribution is -2.27. The Hall–Kier alpha value is -1.31. The van der Waals surface area contributed by atoms with Gasteiger partial charge in [0.15, 0.2) is 0 Å². The van der Waals surface area contributed by atoms with Crippen LogP contribution in [0, 0.1) is 19.7 Å². The Kier molecular flexibility index (Phi) is 4.22. The predicted molar refractivity (Wildman–Crippen MR) is 76.6 cm³/mol. The van der Waals surface area contributed by atoms with Gasteiger partial charge in [-0.05, 0) is 37.6 Å². The Morgan fingerprint density at radius 2 is 2.05 bits per heavy atom. The maximum absolute atomic E-state index is 13.1. The molecule has 0 amide bonds.